The highest BCUT2D eigenvalue weighted by Gasteiger charge is 2.12. The number of nitrogens with one attached hydrogen (secondary N) is 1. The summed E-state index contributed by atoms with van der Waals surface area (Å²) in [4.78, 5) is 7.65. The van der Waals surface area contributed by atoms with Gasteiger partial charge in [-0.3, -0.25) is 4.98 Å². The van der Waals surface area contributed by atoms with Gasteiger partial charge in [-0.1, -0.05) is 26.8 Å². The molecule has 0 fully saturated rings. The Labute approximate surface area is 107 Å². The Bertz CT molecular complexity index is 702. The van der Waals surface area contributed by atoms with Crippen molar-refractivity contribution in [1.29, 1.82) is 0 Å². The van der Waals surface area contributed by atoms with Gasteiger partial charge in [-0.25, -0.2) is 0 Å². The molecule has 0 saturated carbocycles. The number of hydrogen-bond donors (Lipinski definition) is 1. The van der Waals surface area contributed by atoms with Gasteiger partial charge in [0.15, 0.2) is 0 Å². The van der Waals surface area contributed by atoms with Crippen LogP contribution in [0.3, 0.4) is 0 Å². The zero-order chi connectivity index (χ0) is 12.8. The molecule has 1 aromatic carbocycles. The average molecular weight is 238 g/mol. The Morgan fingerprint density at radius 2 is 1.83 bits per heavy atom. The number of H-pyrrole nitrogens is 1. The lowest BCUT2D eigenvalue weighted by molar-refractivity contribution is 0.411. The Morgan fingerprint density at radius 3 is 2.61 bits per heavy atom. The van der Waals surface area contributed by atoms with Crippen LogP contribution in [-0.2, 0) is 6.42 Å². The van der Waals surface area contributed by atoms with Crippen LogP contribution in [0, 0.1) is 5.41 Å². The third-order valence-electron chi connectivity index (χ3n) is 3.20. The number of benzene rings is 1. The monoisotopic (exact) mass is 238 g/mol. The van der Waals surface area contributed by atoms with E-state index in [4.69, 9.17) is 0 Å². The van der Waals surface area contributed by atoms with Crippen molar-refractivity contribution < 1.29 is 0 Å². The van der Waals surface area contributed by atoms with Crippen LogP contribution >= 0.6 is 0 Å². The lowest BCUT2D eigenvalue weighted by Crippen LogP contribution is -2.08. The lowest BCUT2D eigenvalue weighted by atomic mass is 9.88. The van der Waals surface area contributed by atoms with Crippen LogP contribution < -0.4 is 0 Å². The van der Waals surface area contributed by atoms with Crippen molar-refractivity contribution in [2.24, 2.45) is 5.41 Å². The van der Waals surface area contributed by atoms with Crippen LogP contribution in [0.5, 0.6) is 0 Å². The van der Waals surface area contributed by atoms with Gasteiger partial charge in [0.05, 0.1) is 0 Å². The Hall–Kier alpha value is -1.83. The van der Waals surface area contributed by atoms with Gasteiger partial charge in [-0.05, 0) is 35.6 Å². The third-order valence-corrected chi connectivity index (χ3v) is 3.20. The molecule has 92 valence electrons. The summed E-state index contributed by atoms with van der Waals surface area (Å²) in [5, 5.41) is 2.49. The van der Waals surface area contributed by atoms with Gasteiger partial charge in [0.2, 0.25) is 0 Å². The minimum absolute atomic E-state index is 0.317. The van der Waals surface area contributed by atoms with Gasteiger partial charge in [0.1, 0.15) is 0 Å². The van der Waals surface area contributed by atoms with Gasteiger partial charge in [0.25, 0.3) is 0 Å². The topological polar surface area (TPSA) is 28.7 Å². The van der Waals surface area contributed by atoms with Crippen molar-refractivity contribution in [2.45, 2.75) is 27.2 Å². The van der Waals surface area contributed by atoms with Crippen molar-refractivity contribution in [3.63, 3.8) is 0 Å². The van der Waals surface area contributed by atoms with Crippen LogP contribution in [0.2, 0.25) is 0 Å². The third kappa shape index (κ3) is 1.99. The van der Waals surface area contributed by atoms with Gasteiger partial charge in [-0.15, -0.1) is 0 Å². The van der Waals surface area contributed by atoms with E-state index in [1.807, 2.05) is 18.5 Å². The van der Waals surface area contributed by atoms with Crippen LogP contribution in [0.1, 0.15) is 26.3 Å². The number of fused-ring (bicyclic) bond motifs is 3. The molecule has 0 bridgehead atoms. The zero-order valence-corrected chi connectivity index (χ0v) is 11.1. The molecule has 2 heterocycles. The highest BCUT2D eigenvalue weighted by Crippen LogP contribution is 2.28. The average Bonchev–Trinajstić information content (AvgIpc) is 2.65. The first-order valence-electron chi connectivity index (χ1n) is 6.37. The van der Waals surface area contributed by atoms with Gasteiger partial charge in [0, 0.05) is 34.2 Å². The van der Waals surface area contributed by atoms with Crippen LogP contribution in [0.25, 0.3) is 21.8 Å². The molecular weight excluding hydrogens is 220 g/mol. The summed E-state index contributed by atoms with van der Waals surface area (Å²) in [7, 11) is 0. The SMILES string of the molecule is CC(C)(C)Cc1ccc2[nH]c3ccncc3c2c1. The second kappa shape index (κ2) is 3.84. The quantitative estimate of drug-likeness (QED) is 0.672. The Balaban J connectivity index is 2.18. The Morgan fingerprint density at radius 1 is 1.06 bits per heavy atom. The fourth-order valence-electron chi connectivity index (χ4n) is 2.51. The maximum atomic E-state index is 4.22. The van der Waals surface area contributed by atoms with E-state index in [1.165, 1.54) is 21.9 Å². The van der Waals surface area contributed by atoms with E-state index in [2.05, 4.69) is 48.9 Å². The lowest BCUT2D eigenvalue weighted by Gasteiger charge is -2.18. The van der Waals surface area contributed by atoms with Crippen LogP contribution in [0.4, 0.5) is 0 Å². The molecule has 0 radical (unpaired) electrons. The van der Waals surface area contributed by atoms with E-state index >= 15 is 0 Å². The van der Waals surface area contributed by atoms with Gasteiger partial charge < -0.3 is 4.98 Å². The molecule has 0 unspecified atom stereocenters. The van der Waals surface area contributed by atoms with E-state index in [-0.39, 0.29) is 0 Å². The number of pyridine rings is 1. The summed E-state index contributed by atoms with van der Waals surface area (Å²) in [6.07, 6.45) is 4.86. The summed E-state index contributed by atoms with van der Waals surface area (Å²) in [6, 6.07) is 8.71. The maximum Gasteiger partial charge on any atom is 0.0495 e. The van der Waals surface area contributed by atoms with Crippen LogP contribution in [-0.4, -0.2) is 9.97 Å². The minimum atomic E-state index is 0.317. The zero-order valence-electron chi connectivity index (χ0n) is 11.1. The molecule has 0 amide bonds. The second-order valence-corrected chi connectivity index (χ2v) is 6.16. The molecule has 3 aromatic rings. The van der Waals surface area contributed by atoms with Crippen molar-refractivity contribution >= 4 is 21.8 Å². The number of nitrogens with zero attached hydrogens (tertiary/aromatic N) is 1. The van der Waals surface area contributed by atoms with Crippen molar-refractivity contribution in [2.75, 3.05) is 0 Å². The van der Waals surface area contributed by atoms with Crippen molar-refractivity contribution in [3.05, 3.63) is 42.2 Å². The van der Waals surface area contributed by atoms with E-state index in [0.29, 0.717) is 5.41 Å². The summed E-state index contributed by atoms with van der Waals surface area (Å²) in [6.45, 7) is 6.82. The summed E-state index contributed by atoms with van der Waals surface area (Å²) >= 11 is 0. The smallest absolute Gasteiger partial charge is 0.0495 e. The molecule has 0 aliphatic rings. The maximum absolute atomic E-state index is 4.22. The van der Waals surface area contributed by atoms with E-state index in [1.54, 1.807) is 0 Å². The minimum Gasteiger partial charge on any atom is -0.354 e. The van der Waals surface area contributed by atoms with Gasteiger partial charge in [-0.2, -0.15) is 0 Å². The standard InChI is InChI=1S/C16H18N2/c1-16(2,3)9-11-4-5-14-12(8-11)13-10-17-7-6-15(13)18-14/h4-8,10,18H,9H2,1-3H3. The highest BCUT2D eigenvalue weighted by atomic mass is 14.7. The summed E-state index contributed by atoms with van der Waals surface area (Å²) in [5.74, 6) is 0. The summed E-state index contributed by atoms with van der Waals surface area (Å²) < 4.78 is 0. The molecule has 0 aliphatic heterocycles. The van der Waals surface area contributed by atoms with E-state index < -0.39 is 0 Å². The first kappa shape index (κ1) is 11.3. The molecule has 0 aliphatic carbocycles. The largest absolute Gasteiger partial charge is 0.354 e. The molecule has 18 heavy (non-hydrogen) atoms. The normalized spacial score (nSPS) is 12.4. The Kier molecular flexibility index (Phi) is 2.40. The van der Waals surface area contributed by atoms with E-state index in [0.717, 1.165) is 11.9 Å². The molecule has 2 aromatic heterocycles. The molecule has 0 spiro atoms. The number of aromatic amines is 1. The van der Waals surface area contributed by atoms with Crippen molar-refractivity contribution in [1.82, 2.24) is 9.97 Å². The predicted molar refractivity (Wildman–Crippen MR) is 76.8 cm³/mol. The molecular formula is C16H18N2. The molecule has 3 rings (SSSR count). The highest BCUT2D eigenvalue weighted by molar-refractivity contribution is 6.06. The number of hydrogen-bond acceptors (Lipinski definition) is 1. The summed E-state index contributed by atoms with van der Waals surface area (Å²) in [5.41, 5.74) is 4.06. The fraction of sp³-hybridized carbons (Fsp3) is 0.312. The fourth-order valence-corrected chi connectivity index (χ4v) is 2.51. The molecule has 0 atom stereocenters. The number of aromatic nitrogens is 2. The second-order valence-electron chi connectivity index (χ2n) is 6.16. The first-order valence-corrected chi connectivity index (χ1v) is 6.37. The van der Waals surface area contributed by atoms with Gasteiger partial charge >= 0.3 is 0 Å². The first-order chi connectivity index (χ1) is 8.53. The van der Waals surface area contributed by atoms with Crippen LogP contribution in [0.15, 0.2) is 36.7 Å². The number of rotatable bonds is 1. The van der Waals surface area contributed by atoms with E-state index in [9.17, 15) is 0 Å². The molecule has 2 nitrogen and oxygen atoms in total. The van der Waals surface area contributed by atoms with Crippen molar-refractivity contribution in [3.8, 4) is 0 Å². The predicted octanol–water partition coefficient (Wildman–Crippen LogP) is 4.30. The molecule has 2 heteroatoms. The molecule has 0 saturated heterocycles. The molecule has 1 N–H and O–H groups in total.